The standard InChI is InChI=1S/C15H17BrN2O.ClH/c1-10-7-14(18-5-3-4-6-18)11-8-12(16)15(19-2)9-13(11)17-10;/h7-9H,3-6H2,1-2H3;1H. The van der Waals surface area contributed by atoms with Crippen LogP contribution in [0.3, 0.4) is 0 Å². The minimum atomic E-state index is 0. The van der Waals surface area contributed by atoms with E-state index in [1.807, 2.05) is 13.0 Å². The topological polar surface area (TPSA) is 25.4 Å². The van der Waals surface area contributed by atoms with Gasteiger partial charge < -0.3 is 9.64 Å². The van der Waals surface area contributed by atoms with Crippen LogP contribution in [0.15, 0.2) is 22.7 Å². The van der Waals surface area contributed by atoms with Gasteiger partial charge >= 0.3 is 0 Å². The van der Waals surface area contributed by atoms with Crippen LogP contribution >= 0.6 is 28.3 Å². The molecule has 0 N–H and O–H groups in total. The molecule has 0 bridgehead atoms. The average Bonchev–Trinajstić information content (AvgIpc) is 2.91. The first-order chi connectivity index (χ1) is 9.19. The number of anilines is 1. The summed E-state index contributed by atoms with van der Waals surface area (Å²) in [4.78, 5) is 7.08. The summed E-state index contributed by atoms with van der Waals surface area (Å²) in [5.41, 5.74) is 3.35. The van der Waals surface area contributed by atoms with E-state index in [0.29, 0.717) is 0 Å². The van der Waals surface area contributed by atoms with Crippen LogP contribution in [-0.4, -0.2) is 25.2 Å². The number of aryl methyl sites for hydroxylation is 1. The lowest BCUT2D eigenvalue weighted by atomic mass is 10.1. The van der Waals surface area contributed by atoms with Crippen LogP contribution < -0.4 is 9.64 Å². The van der Waals surface area contributed by atoms with Crippen molar-refractivity contribution in [3.8, 4) is 5.75 Å². The van der Waals surface area contributed by atoms with Gasteiger partial charge in [-0.1, -0.05) is 0 Å². The molecule has 1 aromatic carbocycles. The van der Waals surface area contributed by atoms with Gasteiger partial charge in [0.1, 0.15) is 5.75 Å². The van der Waals surface area contributed by atoms with Gasteiger partial charge in [0.2, 0.25) is 0 Å². The summed E-state index contributed by atoms with van der Waals surface area (Å²) in [5, 5.41) is 1.19. The van der Waals surface area contributed by atoms with Gasteiger partial charge in [0.05, 0.1) is 17.1 Å². The number of methoxy groups -OCH3 is 1. The Morgan fingerprint density at radius 2 is 1.90 bits per heavy atom. The second kappa shape index (κ2) is 6.19. The molecule has 0 atom stereocenters. The van der Waals surface area contributed by atoms with Gasteiger partial charge in [0.15, 0.2) is 0 Å². The monoisotopic (exact) mass is 356 g/mol. The van der Waals surface area contributed by atoms with E-state index in [2.05, 4.69) is 37.9 Å². The Morgan fingerprint density at radius 3 is 2.55 bits per heavy atom. The predicted octanol–water partition coefficient (Wildman–Crippen LogP) is 4.34. The number of hydrogen-bond acceptors (Lipinski definition) is 3. The van der Waals surface area contributed by atoms with Crippen LogP contribution in [0.4, 0.5) is 5.69 Å². The molecular weight excluding hydrogens is 340 g/mol. The van der Waals surface area contributed by atoms with Crippen LogP contribution in [0.25, 0.3) is 10.9 Å². The fourth-order valence-corrected chi connectivity index (χ4v) is 3.22. The highest BCUT2D eigenvalue weighted by molar-refractivity contribution is 9.10. The molecule has 0 spiro atoms. The van der Waals surface area contributed by atoms with Crippen LogP contribution in [-0.2, 0) is 0 Å². The highest BCUT2D eigenvalue weighted by Gasteiger charge is 2.17. The molecule has 3 nitrogen and oxygen atoms in total. The number of benzene rings is 1. The first-order valence-corrected chi connectivity index (χ1v) is 7.38. The number of pyridine rings is 1. The Balaban J connectivity index is 0.00000147. The van der Waals surface area contributed by atoms with Crippen molar-refractivity contribution in [3.63, 3.8) is 0 Å². The largest absolute Gasteiger partial charge is 0.495 e. The molecule has 1 aromatic heterocycles. The molecule has 2 aromatic rings. The lowest BCUT2D eigenvalue weighted by Crippen LogP contribution is -2.18. The summed E-state index contributed by atoms with van der Waals surface area (Å²) in [6.45, 7) is 4.33. The highest BCUT2D eigenvalue weighted by Crippen LogP contribution is 2.35. The van der Waals surface area contributed by atoms with Gasteiger partial charge in [-0.3, -0.25) is 4.98 Å². The van der Waals surface area contributed by atoms with Crippen molar-refractivity contribution < 1.29 is 4.74 Å². The molecule has 0 aliphatic carbocycles. The second-order valence-electron chi connectivity index (χ2n) is 4.98. The summed E-state index contributed by atoms with van der Waals surface area (Å²) in [6.07, 6.45) is 2.56. The molecule has 5 heteroatoms. The van der Waals surface area contributed by atoms with E-state index < -0.39 is 0 Å². The number of hydrogen-bond donors (Lipinski definition) is 0. The Labute approximate surface area is 133 Å². The predicted molar refractivity (Wildman–Crippen MR) is 89.4 cm³/mol. The number of nitrogens with zero attached hydrogens (tertiary/aromatic N) is 2. The maximum atomic E-state index is 5.36. The van der Waals surface area contributed by atoms with E-state index in [1.165, 1.54) is 23.9 Å². The van der Waals surface area contributed by atoms with Gasteiger partial charge in [0.25, 0.3) is 0 Å². The van der Waals surface area contributed by atoms with Crippen LogP contribution in [0, 0.1) is 6.92 Å². The Morgan fingerprint density at radius 1 is 1.20 bits per heavy atom. The summed E-state index contributed by atoms with van der Waals surface area (Å²) >= 11 is 3.57. The van der Waals surface area contributed by atoms with Crippen LogP contribution in [0.1, 0.15) is 18.5 Å². The third-order valence-corrected chi connectivity index (χ3v) is 4.25. The smallest absolute Gasteiger partial charge is 0.135 e. The van der Waals surface area contributed by atoms with Gasteiger partial charge in [-0.25, -0.2) is 0 Å². The summed E-state index contributed by atoms with van der Waals surface area (Å²) in [5.74, 6) is 0.831. The number of rotatable bonds is 2. The lowest BCUT2D eigenvalue weighted by molar-refractivity contribution is 0.412. The third-order valence-electron chi connectivity index (χ3n) is 3.64. The zero-order valence-corrected chi connectivity index (χ0v) is 14.1. The minimum absolute atomic E-state index is 0. The summed E-state index contributed by atoms with van der Waals surface area (Å²) in [7, 11) is 1.68. The molecule has 0 unspecified atom stereocenters. The van der Waals surface area contributed by atoms with E-state index in [1.54, 1.807) is 7.11 Å². The second-order valence-corrected chi connectivity index (χ2v) is 5.84. The van der Waals surface area contributed by atoms with Crippen LogP contribution in [0.2, 0.25) is 0 Å². The van der Waals surface area contributed by atoms with E-state index >= 15 is 0 Å². The average molecular weight is 358 g/mol. The Kier molecular flexibility index (Phi) is 4.76. The van der Waals surface area contributed by atoms with Crippen molar-refractivity contribution >= 4 is 44.9 Å². The number of halogens is 2. The number of fused-ring (bicyclic) bond motifs is 1. The zero-order chi connectivity index (χ0) is 13.4. The van der Waals surface area contributed by atoms with E-state index in [9.17, 15) is 0 Å². The molecule has 0 saturated carbocycles. The normalized spacial score (nSPS) is 14.4. The van der Waals surface area contributed by atoms with Crippen molar-refractivity contribution in [1.29, 1.82) is 0 Å². The molecular formula is C15H18BrClN2O. The van der Waals surface area contributed by atoms with Crippen molar-refractivity contribution in [1.82, 2.24) is 4.98 Å². The van der Waals surface area contributed by atoms with Crippen molar-refractivity contribution in [2.45, 2.75) is 19.8 Å². The third kappa shape index (κ3) is 2.72. The minimum Gasteiger partial charge on any atom is -0.495 e. The van der Waals surface area contributed by atoms with Crippen molar-refractivity contribution in [2.24, 2.45) is 0 Å². The number of ether oxygens (including phenoxy) is 1. The summed E-state index contributed by atoms with van der Waals surface area (Å²) < 4.78 is 6.34. The quantitative estimate of drug-likeness (QED) is 0.799. The van der Waals surface area contributed by atoms with Crippen molar-refractivity contribution in [2.75, 3.05) is 25.1 Å². The molecule has 1 aliphatic heterocycles. The van der Waals surface area contributed by atoms with E-state index in [-0.39, 0.29) is 12.4 Å². The van der Waals surface area contributed by atoms with Gasteiger partial charge in [-0.2, -0.15) is 0 Å². The van der Waals surface area contributed by atoms with Gasteiger partial charge in [-0.05, 0) is 47.8 Å². The molecule has 3 rings (SSSR count). The molecule has 0 radical (unpaired) electrons. The fraction of sp³-hybridized carbons (Fsp3) is 0.400. The molecule has 20 heavy (non-hydrogen) atoms. The molecule has 108 valence electrons. The maximum Gasteiger partial charge on any atom is 0.135 e. The first kappa shape index (κ1) is 15.4. The van der Waals surface area contributed by atoms with Gasteiger partial charge in [-0.15, -0.1) is 12.4 Å². The fourth-order valence-electron chi connectivity index (χ4n) is 2.71. The Bertz CT molecular complexity index is 627. The molecule has 0 amide bonds. The molecule has 2 heterocycles. The van der Waals surface area contributed by atoms with Crippen LogP contribution in [0.5, 0.6) is 5.75 Å². The number of aromatic nitrogens is 1. The van der Waals surface area contributed by atoms with Gasteiger partial charge in [0, 0.05) is 35.9 Å². The first-order valence-electron chi connectivity index (χ1n) is 6.59. The van der Waals surface area contributed by atoms with Crippen molar-refractivity contribution in [3.05, 3.63) is 28.4 Å². The zero-order valence-electron chi connectivity index (χ0n) is 11.6. The summed E-state index contributed by atoms with van der Waals surface area (Å²) in [6, 6.07) is 6.31. The maximum absolute atomic E-state index is 5.36. The molecule has 1 fully saturated rings. The lowest BCUT2D eigenvalue weighted by Gasteiger charge is -2.20. The Hall–Kier alpha value is -1.00. The SMILES string of the molecule is COc1cc2nc(C)cc(N3CCCC3)c2cc1Br.Cl. The van der Waals surface area contributed by atoms with E-state index in [0.717, 1.165) is 34.5 Å². The molecule has 1 saturated heterocycles. The highest BCUT2D eigenvalue weighted by atomic mass is 79.9. The molecule has 1 aliphatic rings. The van der Waals surface area contributed by atoms with E-state index in [4.69, 9.17) is 4.74 Å².